The lowest BCUT2D eigenvalue weighted by Gasteiger charge is -2.18. The van der Waals surface area contributed by atoms with Gasteiger partial charge in [-0.25, -0.2) is 13.2 Å². The summed E-state index contributed by atoms with van der Waals surface area (Å²) in [5, 5.41) is 3.06. The van der Waals surface area contributed by atoms with Crippen LogP contribution in [0.1, 0.15) is 17.2 Å². The molecule has 0 radical (unpaired) electrons. The summed E-state index contributed by atoms with van der Waals surface area (Å²) in [4.78, 5) is 0. The van der Waals surface area contributed by atoms with Crippen molar-refractivity contribution in [1.29, 1.82) is 0 Å². The first kappa shape index (κ1) is 15.1. The highest BCUT2D eigenvalue weighted by Gasteiger charge is 2.16. The van der Waals surface area contributed by atoms with Crippen molar-refractivity contribution in [3.05, 3.63) is 69.4 Å². The van der Waals surface area contributed by atoms with Crippen molar-refractivity contribution in [2.75, 3.05) is 7.05 Å². The van der Waals surface area contributed by atoms with E-state index in [1.807, 2.05) is 0 Å². The van der Waals surface area contributed by atoms with Gasteiger partial charge in [0.1, 0.15) is 5.82 Å². The Balaban J connectivity index is 2.28. The summed E-state index contributed by atoms with van der Waals surface area (Å²) in [6.07, 6.45) is 0.426. The Hall–Kier alpha value is -1.33. The first-order valence-electron chi connectivity index (χ1n) is 6.08. The molecule has 0 aromatic heterocycles. The van der Waals surface area contributed by atoms with Crippen molar-refractivity contribution < 1.29 is 13.2 Å². The molecule has 0 aliphatic carbocycles. The van der Waals surface area contributed by atoms with Gasteiger partial charge in [0.2, 0.25) is 0 Å². The number of hydrogen-bond donors (Lipinski definition) is 1. The third-order valence-corrected chi connectivity index (χ3v) is 3.97. The van der Waals surface area contributed by atoms with Gasteiger partial charge in [0.25, 0.3) is 0 Å². The average molecular weight is 344 g/mol. The Morgan fingerprint density at radius 1 is 1.05 bits per heavy atom. The molecule has 1 N–H and O–H groups in total. The lowest BCUT2D eigenvalue weighted by molar-refractivity contribution is 0.504. The third-order valence-electron chi connectivity index (χ3n) is 3.13. The van der Waals surface area contributed by atoms with Crippen LogP contribution in [-0.2, 0) is 6.42 Å². The summed E-state index contributed by atoms with van der Waals surface area (Å²) in [7, 11) is 1.74. The summed E-state index contributed by atoms with van der Waals surface area (Å²) in [5.74, 6) is -2.11. The van der Waals surface area contributed by atoms with E-state index in [4.69, 9.17) is 0 Å². The average Bonchev–Trinajstić information content (AvgIpc) is 2.43. The zero-order valence-electron chi connectivity index (χ0n) is 10.8. The molecule has 0 aliphatic heterocycles. The van der Waals surface area contributed by atoms with Gasteiger partial charge in [0.15, 0.2) is 11.6 Å². The third kappa shape index (κ3) is 3.22. The van der Waals surface area contributed by atoms with E-state index in [1.54, 1.807) is 19.2 Å². The highest BCUT2D eigenvalue weighted by Crippen LogP contribution is 2.28. The maximum absolute atomic E-state index is 13.5. The highest BCUT2D eigenvalue weighted by molar-refractivity contribution is 9.10. The number of hydrogen-bond acceptors (Lipinski definition) is 1. The molecule has 0 heterocycles. The molecule has 1 unspecified atom stereocenters. The van der Waals surface area contributed by atoms with Gasteiger partial charge in [-0.05, 0) is 58.7 Å². The van der Waals surface area contributed by atoms with Crippen LogP contribution in [0.4, 0.5) is 13.2 Å². The summed E-state index contributed by atoms with van der Waals surface area (Å²) in [6.45, 7) is 0. The normalized spacial score (nSPS) is 12.4. The predicted molar refractivity (Wildman–Crippen MR) is 76.0 cm³/mol. The molecule has 2 aromatic carbocycles. The minimum atomic E-state index is -0.879. The van der Waals surface area contributed by atoms with Crippen LogP contribution in [0.5, 0.6) is 0 Å². The number of rotatable bonds is 4. The molecule has 1 nitrogen and oxygen atoms in total. The van der Waals surface area contributed by atoms with Crippen molar-refractivity contribution in [3.63, 3.8) is 0 Å². The van der Waals surface area contributed by atoms with Crippen LogP contribution in [0.25, 0.3) is 0 Å². The molecular formula is C15H13BrF3N. The lowest BCUT2D eigenvalue weighted by atomic mass is 9.99. The fourth-order valence-electron chi connectivity index (χ4n) is 2.06. The number of benzene rings is 2. The van der Waals surface area contributed by atoms with E-state index in [2.05, 4.69) is 21.2 Å². The molecule has 5 heteroatoms. The number of likely N-dealkylation sites (N-methyl/N-ethyl adjacent to an activating group) is 1. The number of halogens is 4. The van der Waals surface area contributed by atoms with Crippen LogP contribution in [0.15, 0.2) is 40.9 Å². The van der Waals surface area contributed by atoms with E-state index < -0.39 is 11.6 Å². The predicted octanol–water partition coefficient (Wildman–Crippen LogP) is 4.37. The zero-order valence-corrected chi connectivity index (χ0v) is 12.3. The van der Waals surface area contributed by atoms with Crippen LogP contribution < -0.4 is 5.32 Å². The maximum atomic E-state index is 13.5. The van der Waals surface area contributed by atoms with E-state index in [-0.39, 0.29) is 11.9 Å². The topological polar surface area (TPSA) is 12.0 Å². The van der Waals surface area contributed by atoms with E-state index in [1.165, 1.54) is 12.1 Å². The lowest BCUT2D eigenvalue weighted by Crippen LogP contribution is -2.19. The second kappa shape index (κ2) is 6.41. The largest absolute Gasteiger partial charge is 0.313 e. The van der Waals surface area contributed by atoms with Gasteiger partial charge in [-0.1, -0.05) is 18.2 Å². The maximum Gasteiger partial charge on any atom is 0.159 e. The SMILES string of the molecule is CNC(Cc1ccc(F)c(F)c1)c1cccc(F)c1Br. The van der Waals surface area contributed by atoms with Crippen LogP contribution >= 0.6 is 15.9 Å². The minimum absolute atomic E-state index is 0.204. The molecule has 106 valence electrons. The first-order valence-corrected chi connectivity index (χ1v) is 6.87. The Bertz CT molecular complexity index is 616. The summed E-state index contributed by atoms with van der Waals surface area (Å²) in [5.41, 5.74) is 1.37. The monoisotopic (exact) mass is 343 g/mol. The fourth-order valence-corrected chi connectivity index (χ4v) is 2.60. The molecule has 1 atom stereocenters. The number of nitrogens with one attached hydrogen (secondary N) is 1. The molecule has 0 saturated heterocycles. The Kier molecular flexibility index (Phi) is 4.83. The van der Waals surface area contributed by atoms with Crippen molar-refractivity contribution in [1.82, 2.24) is 5.32 Å². The quantitative estimate of drug-likeness (QED) is 0.869. The van der Waals surface area contributed by atoms with Gasteiger partial charge in [-0.3, -0.25) is 0 Å². The van der Waals surface area contributed by atoms with Crippen molar-refractivity contribution in [2.45, 2.75) is 12.5 Å². The summed E-state index contributed by atoms with van der Waals surface area (Å²) < 4.78 is 40.0. The molecule has 0 amide bonds. The smallest absolute Gasteiger partial charge is 0.159 e. The zero-order chi connectivity index (χ0) is 14.7. The fraction of sp³-hybridized carbons (Fsp3) is 0.200. The molecule has 2 rings (SSSR count). The van der Waals surface area contributed by atoms with Crippen LogP contribution in [-0.4, -0.2) is 7.05 Å². The van der Waals surface area contributed by atoms with Gasteiger partial charge >= 0.3 is 0 Å². The van der Waals surface area contributed by atoms with Gasteiger partial charge < -0.3 is 5.32 Å². The second-order valence-corrected chi connectivity index (χ2v) is 5.23. The summed E-state index contributed by atoms with van der Waals surface area (Å²) >= 11 is 3.21. The van der Waals surface area contributed by atoms with E-state index >= 15 is 0 Å². The van der Waals surface area contributed by atoms with Gasteiger partial charge in [-0.15, -0.1) is 0 Å². The molecule has 0 aliphatic rings. The first-order chi connectivity index (χ1) is 9.52. The van der Waals surface area contributed by atoms with Crippen LogP contribution in [0.2, 0.25) is 0 Å². The molecule has 0 saturated carbocycles. The van der Waals surface area contributed by atoms with Crippen molar-refractivity contribution in [2.24, 2.45) is 0 Å². The van der Waals surface area contributed by atoms with E-state index in [0.717, 1.165) is 17.7 Å². The van der Waals surface area contributed by atoms with Gasteiger partial charge in [0.05, 0.1) is 4.47 Å². The van der Waals surface area contributed by atoms with Gasteiger partial charge in [0, 0.05) is 6.04 Å². The van der Waals surface area contributed by atoms with E-state index in [9.17, 15) is 13.2 Å². The molecule has 0 spiro atoms. The minimum Gasteiger partial charge on any atom is -0.313 e. The van der Waals surface area contributed by atoms with E-state index in [0.29, 0.717) is 16.5 Å². The molecule has 0 fully saturated rings. The molecule has 20 heavy (non-hydrogen) atoms. The van der Waals surface area contributed by atoms with Crippen LogP contribution in [0, 0.1) is 17.5 Å². The van der Waals surface area contributed by atoms with Crippen LogP contribution in [0.3, 0.4) is 0 Å². The Morgan fingerprint density at radius 3 is 2.45 bits per heavy atom. The summed E-state index contributed by atoms with van der Waals surface area (Å²) in [6, 6.07) is 8.34. The standard InChI is InChI=1S/C15H13BrF3N/c1-20-14(10-3-2-4-12(18)15(10)16)8-9-5-6-11(17)13(19)7-9/h2-7,14,20H,8H2,1H3. The van der Waals surface area contributed by atoms with Crippen molar-refractivity contribution >= 4 is 15.9 Å². The Morgan fingerprint density at radius 2 is 1.80 bits per heavy atom. The molecule has 0 bridgehead atoms. The molecular weight excluding hydrogens is 331 g/mol. The van der Waals surface area contributed by atoms with Gasteiger partial charge in [-0.2, -0.15) is 0 Å². The molecule has 2 aromatic rings. The van der Waals surface area contributed by atoms with Crippen molar-refractivity contribution in [3.8, 4) is 0 Å². The highest BCUT2D eigenvalue weighted by atomic mass is 79.9. The second-order valence-electron chi connectivity index (χ2n) is 4.44. The Labute approximate surface area is 123 Å².